The highest BCUT2D eigenvalue weighted by Gasteiger charge is 2.27. The van der Waals surface area contributed by atoms with Crippen LogP contribution in [-0.2, 0) is 4.79 Å². The maximum absolute atomic E-state index is 12.2. The molecule has 0 saturated heterocycles. The van der Waals surface area contributed by atoms with Crippen molar-refractivity contribution in [1.82, 2.24) is 5.43 Å². The number of hydrogen-bond donors (Lipinski definition) is 1. The van der Waals surface area contributed by atoms with Crippen molar-refractivity contribution in [2.45, 2.75) is 19.4 Å². The zero-order valence-electron chi connectivity index (χ0n) is 12.9. The van der Waals surface area contributed by atoms with Gasteiger partial charge in [-0.1, -0.05) is 49.4 Å². The van der Waals surface area contributed by atoms with E-state index in [1.54, 1.807) is 6.07 Å². The van der Waals surface area contributed by atoms with Gasteiger partial charge >= 0.3 is 0 Å². The first-order chi connectivity index (χ1) is 11.3. The molecule has 0 spiro atoms. The van der Waals surface area contributed by atoms with E-state index in [0.29, 0.717) is 11.5 Å². The molecular formula is C18H18N2O3. The van der Waals surface area contributed by atoms with Crippen molar-refractivity contribution in [3.63, 3.8) is 0 Å². The Morgan fingerprint density at radius 3 is 2.57 bits per heavy atom. The monoisotopic (exact) mass is 310 g/mol. The first-order valence-corrected chi connectivity index (χ1v) is 7.58. The molecule has 118 valence electrons. The molecule has 1 atom stereocenters. The van der Waals surface area contributed by atoms with Crippen LogP contribution in [0.25, 0.3) is 0 Å². The summed E-state index contributed by atoms with van der Waals surface area (Å²) in [6.45, 7) is 2.17. The molecule has 2 aromatic carbocycles. The zero-order chi connectivity index (χ0) is 16.1. The number of hydrogen-bond acceptors (Lipinski definition) is 4. The average Bonchev–Trinajstić information content (AvgIpc) is 2.62. The number of fused-ring (bicyclic) bond motifs is 1. The number of nitrogens with one attached hydrogen (secondary N) is 1. The second-order valence-electron chi connectivity index (χ2n) is 5.12. The summed E-state index contributed by atoms with van der Waals surface area (Å²) < 4.78 is 11.2. The van der Waals surface area contributed by atoms with Gasteiger partial charge in [-0.15, -0.1) is 0 Å². The van der Waals surface area contributed by atoms with Gasteiger partial charge < -0.3 is 9.47 Å². The summed E-state index contributed by atoms with van der Waals surface area (Å²) in [6.07, 6.45) is 0.0114. The SMILES string of the molecule is CC/C(=N/NC(=O)[C@@H]1COc2ccccc2O1)c1ccccc1. The summed E-state index contributed by atoms with van der Waals surface area (Å²) in [5.41, 5.74) is 4.38. The standard InChI is InChI=1S/C18H18N2O3/c1-2-14(13-8-4-3-5-9-13)19-20-18(21)17-12-22-15-10-6-7-11-16(15)23-17/h3-11,17H,2,12H2,1H3,(H,20,21)/b19-14-/t17-/m0/s1. The Bertz CT molecular complexity index is 713. The van der Waals surface area contributed by atoms with E-state index in [2.05, 4.69) is 10.5 Å². The normalized spacial score (nSPS) is 16.7. The van der Waals surface area contributed by atoms with Crippen molar-refractivity contribution in [3.05, 3.63) is 60.2 Å². The fourth-order valence-corrected chi connectivity index (χ4v) is 2.32. The van der Waals surface area contributed by atoms with Gasteiger partial charge in [-0.2, -0.15) is 5.10 Å². The Hall–Kier alpha value is -2.82. The van der Waals surface area contributed by atoms with Gasteiger partial charge in [0.15, 0.2) is 11.5 Å². The van der Waals surface area contributed by atoms with Gasteiger partial charge in [0.1, 0.15) is 6.61 Å². The van der Waals surface area contributed by atoms with E-state index in [0.717, 1.165) is 17.7 Å². The highest BCUT2D eigenvalue weighted by atomic mass is 16.6. The van der Waals surface area contributed by atoms with Crippen LogP contribution in [-0.4, -0.2) is 24.3 Å². The minimum Gasteiger partial charge on any atom is -0.485 e. The van der Waals surface area contributed by atoms with E-state index in [-0.39, 0.29) is 12.5 Å². The molecule has 23 heavy (non-hydrogen) atoms. The molecule has 0 saturated carbocycles. The van der Waals surface area contributed by atoms with Gasteiger partial charge in [-0.3, -0.25) is 4.79 Å². The number of benzene rings is 2. The van der Waals surface area contributed by atoms with Crippen molar-refractivity contribution in [2.24, 2.45) is 5.10 Å². The van der Waals surface area contributed by atoms with Crippen LogP contribution < -0.4 is 14.9 Å². The van der Waals surface area contributed by atoms with Crippen molar-refractivity contribution < 1.29 is 14.3 Å². The number of rotatable bonds is 4. The highest BCUT2D eigenvalue weighted by molar-refractivity contribution is 6.01. The lowest BCUT2D eigenvalue weighted by molar-refractivity contribution is -0.130. The maximum atomic E-state index is 12.2. The van der Waals surface area contributed by atoms with E-state index in [1.807, 2.05) is 55.5 Å². The molecular weight excluding hydrogens is 292 g/mol. The molecule has 0 bridgehead atoms. The van der Waals surface area contributed by atoms with Crippen LogP contribution in [0.3, 0.4) is 0 Å². The number of hydrazone groups is 1. The summed E-state index contributed by atoms with van der Waals surface area (Å²) in [6, 6.07) is 17.0. The predicted octanol–water partition coefficient (Wildman–Crippen LogP) is 2.76. The van der Waals surface area contributed by atoms with Crippen molar-refractivity contribution >= 4 is 11.6 Å². The molecule has 0 aromatic heterocycles. The molecule has 2 aromatic rings. The van der Waals surface area contributed by atoms with Crippen molar-refractivity contribution in [2.75, 3.05) is 6.61 Å². The second-order valence-corrected chi connectivity index (χ2v) is 5.12. The molecule has 1 amide bonds. The Morgan fingerprint density at radius 2 is 1.83 bits per heavy atom. The lowest BCUT2D eigenvalue weighted by Gasteiger charge is -2.24. The summed E-state index contributed by atoms with van der Waals surface area (Å²) in [5.74, 6) is 0.904. The number of para-hydroxylation sites is 2. The Morgan fingerprint density at radius 1 is 1.13 bits per heavy atom. The Balaban J connectivity index is 1.67. The van der Waals surface area contributed by atoms with Crippen LogP contribution in [0.4, 0.5) is 0 Å². The van der Waals surface area contributed by atoms with E-state index in [1.165, 1.54) is 0 Å². The van der Waals surface area contributed by atoms with Crippen LogP contribution >= 0.6 is 0 Å². The smallest absolute Gasteiger partial charge is 0.284 e. The Labute approximate surface area is 134 Å². The maximum Gasteiger partial charge on any atom is 0.284 e. The fraction of sp³-hybridized carbons (Fsp3) is 0.222. The van der Waals surface area contributed by atoms with Crippen molar-refractivity contribution in [3.8, 4) is 11.5 Å². The molecule has 0 fully saturated rings. The number of nitrogens with zero attached hydrogens (tertiary/aromatic N) is 1. The first-order valence-electron chi connectivity index (χ1n) is 7.58. The van der Waals surface area contributed by atoms with Gasteiger partial charge in [0.25, 0.3) is 5.91 Å². The van der Waals surface area contributed by atoms with Gasteiger partial charge in [-0.25, -0.2) is 5.43 Å². The van der Waals surface area contributed by atoms with E-state index >= 15 is 0 Å². The molecule has 0 unspecified atom stereocenters. The molecule has 1 aliphatic rings. The highest BCUT2D eigenvalue weighted by Crippen LogP contribution is 2.30. The van der Waals surface area contributed by atoms with Gasteiger partial charge in [0.2, 0.25) is 6.10 Å². The van der Waals surface area contributed by atoms with Crippen LogP contribution in [0.15, 0.2) is 59.7 Å². The molecule has 1 heterocycles. The zero-order valence-corrected chi connectivity index (χ0v) is 12.9. The average molecular weight is 310 g/mol. The molecule has 1 N–H and O–H groups in total. The number of carbonyl (C=O) groups excluding carboxylic acids is 1. The van der Waals surface area contributed by atoms with E-state index in [9.17, 15) is 4.79 Å². The molecule has 3 rings (SSSR count). The molecule has 5 nitrogen and oxygen atoms in total. The van der Waals surface area contributed by atoms with Gasteiger partial charge in [-0.05, 0) is 24.1 Å². The van der Waals surface area contributed by atoms with Crippen LogP contribution in [0.5, 0.6) is 11.5 Å². The summed E-state index contributed by atoms with van der Waals surface area (Å²) in [5, 5.41) is 4.23. The third-order valence-corrected chi connectivity index (χ3v) is 3.54. The van der Waals surface area contributed by atoms with Crippen LogP contribution in [0.1, 0.15) is 18.9 Å². The quantitative estimate of drug-likeness (QED) is 0.698. The summed E-state index contributed by atoms with van der Waals surface area (Å²) in [7, 11) is 0. The lowest BCUT2D eigenvalue weighted by atomic mass is 10.1. The van der Waals surface area contributed by atoms with Crippen LogP contribution in [0.2, 0.25) is 0 Å². The topological polar surface area (TPSA) is 59.9 Å². The number of ether oxygens (including phenoxy) is 2. The van der Waals surface area contributed by atoms with Gasteiger partial charge in [0.05, 0.1) is 5.71 Å². The summed E-state index contributed by atoms with van der Waals surface area (Å²) >= 11 is 0. The third kappa shape index (κ3) is 3.51. The minimum atomic E-state index is -0.706. The number of amides is 1. The lowest BCUT2D eigenvalue weighted by Crippen LogP contribution is -2.42. The van der Waals surface area contributed by atoms with Crippen molar-refractivity contribution in [1.29, 1.82) is 0 Å². The van der Waals surface area contributed by atoms with E-state index in [4.69, 9.17) is 9.47 Å². The molecule has 0 aliphatic carbocycles. The van der Waals surface area contributed by atoms with E-state index < -0.39 is 6.10 Å². The molecule has 0 radical (unpaired) electrons. The van der Waals surface area contributed by atoms with Gasteiger partial charge in [0, 0.05) is 0 Å². The fourth-order valence-electron chi connectivity index (χ4n) is 2.32. The first kappa shape index (κ1) is 15.1. The predicted molar refractivity (Wildman–Crippen MR) is 87.8 cm³/mol. The third-order valence-electron chi connectivity index (χ3n) is 3.54. The minimum absolute atomic E-state index is 0.172. The second kappa shape index (κ2) is 6.96. The summed E-state index contributed by atoms with van der Waals surface area (Å²) in [4.78, 5) is 12.2. The Kier molecular flexibility index (Phi) is 4.57. The largest absolute Gasteiger partial charge is 0.485 e. The van der Waals surface area contributed by atoms with Crippen LogP contribution in [0, 0.1) is 0 Å². The molecule has 1 aliphatic heterocycles. The number of carbonyl (C=O) groups is 1. The molecule has 5 heteroatoms.